The van der Waals surface area contributed by atoms with Crippen molar-refractivity contribution in [3.8, 4) is 0 Å². The maximum atomic E-state index is 11.5. The fraction of sp³-hybridized carbons (Fsp3) is 0.727. The second kappa shape index (κ2) is 25.2. The Hall–Kier alpha value is -3.78. The summed E-state index contributed by atoms with van der Waals surface area (Å²) in [5, 5.41) is 27.7. The van der Waals surface area contributed by atoms with Crippen LogP contribution >= 0.6 is 0 Å². The van der Waals surface area contributed by atoms with Gasteiger partial charge in [0, 0.05) is 13.1 Å². The second-order valence-corrected chi connectivity index (χ2v) is 8.67. The van der Waals surface area contributed by atoms with Crippen LogP contribution in [0.4, 0.5) is 4.79 Å². The van der Waals surface area contributed by atoms with Crippen LogP contribution in [0.25, 0.3) is 0 Å². The number of carbonyl (C=O) groups is 5. The number of carboxylic acid groups (broad SMARTS) is 3. The molecule has 0 rings (SSSR count). The number of hydrogen-bond donors (Lipinski definition) is 12. The molecule has 0 aromatic carbocycles. The summed E-state index contributed by atoms with van der Waals surface area (Å²) in [6.07, 6.45) is 2.86. The molecule has 0 bridgehead atoms. The summed E-state index contributed by atoms with van der Waals surface area (Å²) in [5.74, 6) is -3.92. The van der Waals surface area contributed by atoms with Gasteiger partial charge >= 0.3 is 29.9 Å². The Morgan fingerprint density at radius 3 is 1.66 bits per heavy atom. The number of esters is 1. The lowest BCUT2D eigenvalue weighted by molar-refractivity contribution is -0.155. The van der Waals surface area contributed by atoms with Crippen LogP contribution in [0.5, 0.6) is 0 Å². The third-order valence-corrected chi connectivity index (χ3v) is 4.96. The molecular weight excluding hydrogens is 548 g/mol. The predicted octanol–water partition coefficient (Wildman–Crippen LogP) is -3.92. The number of nitrogens with zero attached hydrogens (tertiary/aromatic N) is 1. The third-order valence-electron chi connectivity index (χ3n) is 4.96. The van der Waals surface area contributed by atoms with Gasteiger partial charge < -0.3 is 71.2 Å². The molecular formula is C22H48N10O9. The molecule has 0 aliphatic rings. The Balaban J connectivity index is -0.000000565. The fourth-order valence-corrected chi connectivity index (χ4v) is 2.47. The molecule has 5 atom stereocenters. The van der Waals surface area contributed by atoms with Gasteiger partial charge in [0.15, 0.2) is 5.96 Å². The van der Waals surface area contributed by atoms with Crippen molar-refractivity contribution in [2.75, 3.05) is 19.6 Å². The van der Waals surface area contributed by atoms with Crippen LogP contribution in [0.1, 0.15) is 51.9 Å². The molecule has 240 valence electrons. The standard InChI is InChI=1S/C10H20N4O5.C6H14N4O2.C6H14N2O2/c1-5(7(12)8(15)16)19-9(17)6(11)3-2-4-14-10(13)18;7-4(5(11)12)2-1-3-10-6(8)9;7-4-2-1-3-5(8)6(9)10/h5-7H,2-4,11-12H2,1H3,(H,15,16)(H3,13,14,18);4H,1-3,7H2,(H,11,12)(H4,8,9,10);5H,1-4,7-8H2,(H,9,10)/t5-,6+,7+;4-;5-/m100/s1. The first kappa shape index (κ1) is 41.7. The van der Waals surface area contributed by atoms with E-state index in [1.54, 1.807) is 0 Å². The fourth-order valence-electron chi connectivity index (χ4n) is 2.47. The summed E-state index contributed by atoms with van der Waals surface area (Å²) < 4.78 is 4.83. The van der Waals surface area contributed by atoms with Gasteiger partial charge in [-0.05, 0) is 52.0 Å². The van der Waals surface area contributed by atoms with E-state index in [-0.39, 0.29) is 12.4 Å². The maximum absolute atomic E-state index is 11.5. The number of aliphatic imine (C=N–C) groups is 1. The zero-order chi connectivity index (χ0) is 32.5. The van der Waals surface area contributed by atoms with E-state index in [4.69, 9.17) is 65.9 Å². The molecule has 0 radical (unpaired) electrons. The first-order valence-electron chi connectivity index (χ1n) is 12.7. The summed E-state index contributed by atoms with van der Waals surface area (Å²) >= 11 is 0. The molecule has 0 unspecified atom stereocenters. The Labute approximate surface area is 238 Å². The number of aliphatic carboxylic acids is 3. The van der Waals surface area contributed by atoms with Crippen molar-refractivity contribution < 1.29 is 44.0 Å². The lowest BCUT2D eigenvalue weighted by atomic mass is 10.1. The highest BCUT2D eigenvalue weighted by atomic mass is 16.5. The van der Waals surface area contributed by atoms with Crippen molar-refractivity contribution in [1.82, 2.24) is 5.32 Å². The quantitative estimate of drug-likeness (QED) is 0.0311. The van der Waals surface area contributed by atoms with Gasteiger partial charge in [-0.3, -0.25) is 24.2 Å². The molecule has 0 fully saturated rings. The van der Waals surface area contributed by atoms with Gasteiger partial charge in [0.1, 0.15) is 30.3 Å². The molecule has 19 nitrogen and oxygen atoms in total. The average molecular weight is 597 g/mol. The third kappa shape index (κ3) is 27.6. The molecule has 0 heterocycles. The number of urea groups is 1. The predicted molar refractivity (Wildman–Crippen MR) is 150 cm³/mol. The lowest BCUT2D eigenvalue weighted by Gasteiger charge is -2.19. The normalized spacial score (nSPS) is 13.7. The minimum absolute atomic E-state index is 0.0129. The van der Waals surface area contributed by atoms with Crippen molar-refractivity contribution >= 4 is 35.9 Å². The van der Waals surface area contributed by atoms with E-state index in [9.17, 15) is 24.0 Å². The number of primary amides is 1. The number of nitrogens with one attached hydrogen (secondary N) is 1. The molecule has 41 heavy (non-hydrogen) atoms. The van der Waals surface area contributed by atoms with Gasteiger partial charge in [-0.25, -0.2) is 4.79 Å². The number of nitrogens with two attached hydrogens (primary N) is 8. The SMILES string of the molecule is C[C@@H](OC(=O)[C@@H](N)CCCNC(N)=O)[C@H](N)C(=O)O.NC(N)=NCCC[C@H](N)C(=O)O.NCCCC[C@H](N)C(=O)O. The highest BCUT2D eigenvalue weighted by molar-refractivity contribution is 5.78. The van der Waals surface area contributed by atoms with E-state index in [1.165, 1.54) is 6.92 Å². The van der Waals surface area contributed by atoms with Crippen LogP contribution in [0.2, 0.25) is 0 Å². The molecule has 0 aliphatic heterocycles. The van der Waals surface area contributed by atoms with E-state index in [0.29, 0.717) is 45.3 Å². The Kier molecular flexibility index (Phi) is 25.6. The van der Waals surface area contributed by atoms with Crippen molar-refractivity contribution in [3.63, 3.8) is 0 Å². The second-order valence-electron chi connectivity index (χ2n) is 8.67. The van der Waals surface area contributed by atoms with Crippen molar-refractivity contribution in [2.45, 2.75) is 82.1 Å². The lowest BCUT2D eigenvalue weighted by Crippen LogP contribution is -2.45. The van der Waals surface area contributed by atoms with Crippen molar-refractivity contribution in [2.24, 2.45) is 50.9 Å². The summed E-state index contributed by atoms with van der Waals surface area (Å²) in [5.41, 5.74) is 41.4. The van der Waals surface area contributed by atoms with Gasteiger partial charge in [-0.15, -0.1) is 0 Å². The van der Waals surface area contributed by atoms with Gasteiger partial charge in [-0.2, -0.15) is 0 Å². The smallest absolute Gasteiger partial charge is 0.324 e. The number of unbranched alkanes of at least 4 members (excludes halogenated alkanes) is 1. The molecule has 19 heteroatoms. The first-order valence-corrected chi connectivity index (χ1v) is 12.7. The summed E-state index contributed by atoms with van der Waals surface area (Å²) in [6.45, 7) is 2.69. The van der Waals surface area contributed by atoms with Crippen molar-refractivity contribution in [3.05, 3.63) is 0 Å². The van der Waals surface area contributed by atoms with E-state index in [0.717, 1.165) is 12.8 Å². The minimum Gasteiger partial charge on any atom is -0.480 e. The number of rotatable bonds is 18. The number of ether oxygens (including phenoxy) is 1. The average Bonchev–Trinajstić information content (AvgIpc) is 2.88. The largest absolute Gasteiger partial charge is 0.480 e. The minimum atomic E-state index is -1.30. The monoisotopic (exact) mass is 596 g/mol. The number of amides is 2. The van der Waals surface area contributed by atoms with E-state index < -0.39 is 60.2 Å². The molecule has 0 saturated carbocycles. The number of carbonyl (C=O) groups excluding carboxylic acids is 2. The molecule has 0 spiro atoms. The summed E-state index contributed by atoms with van der Waals surface area (Å²) in [7, 11) is 0. The zero-order valence-corrected chi connectivity index (χ0v) is 23.3. The van der Waals surface area contributed by atoms with Gasteiger partial charge in [0.05, 0.1) is 0 Å². The number of guanidine groups is 1. The number of hydrogen-bond acceptors (Lipinski definition) is 12. The Morgan fingerprint density at radius 2 is 1.24 bits per heavy atom. The van der Waals surface area contributed by atoms with Crippen molar-refractivity contribution in [1.29, 1.82) is 0 Å². The van der Waals surface area contributed by atoms with Gasteiger partial charge in [-0.1, -0.05) is 6.42 Å². The van der Waals surface area contributed by atoms with Crippen LogP contribution in [0.15, 0.2) is 4.99 Å². The molecule has 0 aliphatic carbocycles. The molecule has 0 aromatic rings. The Bertz CT molecular complexity index is 813. The van der Waals surface area contributed by atoms with Gasteiger partial charge in [0.25, 0.3) is 0 Å². The molecule has 0 aromatic heterocycles. The van der Waals surface area contributed by atoms with Gasteiger partial charge in [0.2, 0.25) is 0 Å². The summed E-state index contributed by atoms with van der Waals surface area (Å²) in [4.78, 5) is 56.5. The van der Waals surface area contributed by atoms with Crippen LogP contribution in [0.3, 0.4) is 0 Å². The van der Waals surface area contributed by atoms with E-state index in [1.807, 2.05) is 0 Å². The number of carboxylic acids is 3. The Morgan fingerprint density at radius 1 is 0.756 bits per heavy atom. The van der Waals surface area contributed by atoms with Crippen LogP contribution in [-0.2, 0) is 23.9 Å². The van der Waals surface area contributed by atoms with E-state index >= 15 is 0 Å². The van der Waals surface area contributed by atoms with Crippen LogP contribution in [-0.4, -0.2) is 101 Å². The van der Waals surface area contributed by atoms with Crippen LogP contribution in [0, 0.1) is 0 Å². The first-order chi connectivity index (χ1) is 19.0. The molecule has 20 N–H and O–H groups in total. The zero-order valence-electron chi connectivity index (χ0n) is 23.3. The highest BCUT2D eigenvalue weighted by Crippen LogP contribution is 2.03. The van der Waals surface area contributed by atoms with Crippen LogP contribution < -0.4 is 51.2 Å². The summed E-state index contributed by atoms with van der Waals surface area (Å²) in [6, 6.07) is -4.39. The molecule has 0 saturated heterocycles. The highest BCUT2D eigenvalue weighted by Gasteiger charge is 2.25. The topological polar surface area (TPSA) is 388 Å². The molecule has 2 amide bonds. The van der Waals surface area contributed by atoms with E-state index in [2.05, 4.69) is 10.3 Å². The maximum Gasteiger partial charge on any atom is 0.324 e.